The van der Waals surface area contributed by atoms with Gasteiger partial charge in [0.15, 0.2) is 0 Å². The molecule has 1 heterocycles. The highest BCUT2D eigenvalue weighted by atomic mass is 16.6. The highest BCUT2D eigenvalue weighted by Crippen LogP contribution is 2.25. The van der Waals surface area contributed by atoms with Crippen molar-refractivity contribution in [2.24, 2.45) is 5.92 Å². The first-order valence-electron chi connectivity index (χ1n) is 6.17. The van der Waals surface area contributed by atoms with Gasteiger partial charge in [-0.3, -0.25) is 10.1 Å². The second kappa shape index (κ2) is 5.35. The molecule has 1 fully saturated rings. The molecule has 1 aliphatic rings. The highest BCUT2D eigenvalue weighted by molar-refractivity contribution is 5.55. The van der Waals surface area contributed by atoms with Crippen LogP contribution in [-0.2, 0) is 4.74 Å². The fourth-order valence-electron chi connectivity index (χ4n) is 2.23. The number of benzene rings is 1. The second-order valence-electron chi connectivity index (χ2n) is 4.81. The van der Waals surface area contributed by atoms with Gasteiger partial charge in [-0.2, -0.15) is 0 Å². The number of nitrogens with one attached hydrogen (secondary N) is 1. The number of nitro groups is 1. The fourth-order valence-corrected chi connectivity index (χ4v) is 2.23. The maximum Gasteiger partial charge on any atom is 0.269 e. The van der Waals surface area contributed by atoms with Crippen molar-refractivity contribution in [3.63, 3.8) is 0 Å². The minimum absolute atomic E-state index is 0.134. The van der Waals surface area contributed by atoms with E-state index in [1.54, 1.807) is 12.1 Å². The van der Waals surface area contributed by atoms with Crippen LogP contribution in [0.2, 0.25) is 0 Å². The van der Waals surface area contributed by atoms with E-state index < -0.39 is 0 Å². The molecule has 0 spiro atoms. The minimum Gasteiger partial charge on any atom is -0.382 e. The van der Waals surface area contributed by atoms with E-state index in [1.165, 1.54) is 6.07 Å². The molecule has 1 aromatic rings. The van der Waals surface area contributed by atoms with Gasteiger partial charge in [0.25, 0.3) is 5.69 Å². The summed E-state index contributed by atoms with van der Waals surface area (Å²) in [4.78, 5) is 10.3. The van der Waals surface area contributed by atoms with Gasteiger partial charge < -0.3 is 10.1 Å². The predicted octanol–water partition coefficient (Wildman–Crippen LogP) is 2.74. The summed E-state index contributed by atoms with van der Waals surface area (Å²) in [5.41, 5.74) is 1.99. The average molecular weight is 250 g/mol. The third-order valence-electron chi connectivity index (χ3n) is 3.48. The molecule has 1 aliphatic heterocycles. The van der Waals surface area contributed by atoms with Gasteiger partial charge in [0, 0.05) is 36.4 Å². The van der Waals surface area contributed by atoms with Crippen LogP contribution in [0.4, 0.5) is 11.4 Å². The van der Waals surface area contributed by atoms with Crippen LogP contribution in [0, 0.1) is 23.0 Å². The van der Waals surface area contributed by atoms with Gasteiger partial charge in [0.1, 0.15) is 0 Å². The SMILES string of the molecule is Cc1cc([N+](=O)[O-])ccc1NC(C)C1CCOC1. The van der Waals surface area contributed by atoms with E-state index in [0.717, 1.165) is 30.9 Å². The Labute approximate surface area is 106 Å². The monoisotopic (exact) mass is 250 g/mol. The first-order chi connectivity index (χ1) is 8.58. The number of non-ortho nitro benzene ring substituents is 1. The quantitative estimate of drug-likeness (QED) is 0.659. The molecule has 0 aromatic heterocycles. The number of hydrogen-bond donors (Lipinski definition) is 1. The Hall–Kier alpha value is -1.62. The van der Waals surface area contributed by atoms with Crippen molar-refractivity contribution in [3.8, 4) is 0 Å². The summed E-state index contributed by atoms with van der Waals surface area (Å²) in [5.74, 6) is 0.514. The van der Waals surface area contributed by atoms with Crippen LogP contribution in [-0.4, -0.2) is 24.2 Å². The third kappa shape index (κ3) is 2.79. The summed E-state index contributed by atoms with van der Waals surface area (Å²) < 4.78 is 5.37. The van der Waals surface area contributed by atoms with E-state index in [0.29, 0.717) is 12.0 Å². The molecule has 0 saturated carbocycles. The predicted molar refractivity (Wildman–Crippen MR) is 69.8 cm³/mol. The zero-order chi connectivity index (χ0) is 13.1. The van der Waals surface area contributed by atoms with Gasteiger partial charge in [-0.15, -0.1) is 0 Å². The van der Waals surface area contributed by atoms with Crippen molar-refractivity contribution < 1.29 is 9.66 Å². The molecule has 1 saturated heterocycles. The van der Waals surface area contributed by atoms with Crippen molar-refractivity contribution in [1.82, 2.24) is 0 Å². The Bertz CT molecular complexity index is 442. The van der Waals surface area contributed by atoms with E-state index in [4.69, 9.17) is 4.74 Å². The molecule has 18 heavy (non-hydrogen) atoms. The van der Waals surface area contributed by atoms with Crippen molar-refractivity contribution in [2.75, 3.05) is 18.5 Å². The van der Waals surface area contributed by atoms with Gasteiger partial charge in [0.05, 0.1) is 11.5 Å². The number of hydrogen-bond acceptors (Lipinski definition) is 4. The molecular weight excluding hydrogens is 232 g/mol. The standard InChI is InChI=1S/C13H18N2O3/c1-9-7-12(15(16)17)3-4-13(9)14-10(2)11-5-6-18-8-11/h3-4,7,10-11,14H,5-6,8H2,1-2H3. The molecular formula is C13H18N2O3. The molecule has 1 N–H and O–H groups in total. The molecule has 0 aliphatic carbocycles. The van der Waals surface area contributed by atoms with Gasteiger partial charge in [-0.1, -0.05) is 0 Å². The summed E-state index contributed by atoms with van der Waals surface area (Å²) in [5, 5.41) is 14.1. The number of ether oxygens (including phenoxy) is 1. The Morgan fingerprint density at radius 1 is 1.56 bits per heavy atom. The zero-order valence-corrected chi connectivity index (χ0v) is 10.7. The maximum atomic E-state index is 10.7. The normalized spacial score (nSPS) is 20.7. The molecule has 5 nitrogen and oxygen atoms in total. The van der Waals surface area contributed by atoms with E-state index in [-0.39, 0.29) is 10.6 Å². The lowest BCUT2D eigenvalue weighted by Crippen LogP contribution is -2.26. The lowest BCUT2D eigenvalue weighted by Gasteiger charge is -2.21. The number of nitrogens with zero attached hydrogens (tertiary/aromatic N) is 1. The Morgan fingerprint density at radius 3 is 2.89 bits per heavy atom. The molecule has 0 radical (unpaired) electrons. The van der Waals surface area contributed by atoms with E-state index in [2.05, 4.69) is 12.2 Å². The third-order valence-corrected chi connectivity index (χ3v) is 3.48. The van der Waals surface area contributed by atoms with Crippen molar-refractivity contribution in [1.29, 1.82) is 0 Å². The van der Waals surface area contributed by atoms with Crippen LogP contribution in [0.15, 0.2) is 18.2 Å². The molecule has 98 valence electrons. The van der Waals surface area contributed by atoms with Crippen LogP contribution in [0.25, 0.3) is 0 Å². The maximum absolute atomic E-state index is 10.7. The summed E-state index contributed by atoms with van der Waals surface area (Å²) in [6.07, 6.45) is 1.07. The second-order valence-corrected chi connectivity index (χ2v) is 4.81. The topological polar surface area (TPSA) is 64.4 Å². The Morgan fingerprint density at radius 2 is 2.33 bits per heavy atom. The number of nitro benzene ring substituents is 1. The van der Waals surface area contributed by atoms with Crippen LogP contribution in [0.5, 0.6) is 0 Å². The van der Waals surface area contributed by atoms with Gasteiger partial charge in [-0.25, -0.2) is 0 Å². The van der Waals surface area contributed by atoms with Crippen molar-refractivity contribution >= 4 is 11.4 Å². The molecule has 0 bridgehead atoms. The number of anilines is 1. The first-order valence-corrected chi connectivity index (χ1v) is 6.17. The smallest absolute Gasteiger partial charge is 0.269 e. The number of aryl methyl sites for hydroxylation is 1. The van der Waals surface area contributed by atoms with Gasteiger partial charge in [0.2, 0.25) is 0 Å². The summed E-state index contributed by atoms with van der Waals surface area (Å²) in [7, 11) is 0. The zero-order valence-electron chi connectivity index (χ0n) is 10.7. The van der Waals surface area contributed by atoms with Gasteiger partial charge >= 0.3 is 0 Å². The molecule has 2 rings (SSSR count). The van der Waals surface area contributed by atoms with Crippen LogP contribution >= 0.6 is 0 Å². The lowest BCUT2D eigenvalue weighted by molar-refractivity contribution is -0.384. The number of rotatable bonds is 4. The fraction of sp³-hybridized carbons (Fsp3) is 0.538. The van der Waals surface area contributed by atoms with Crippen molar-refractivity contribution in [2.45, 2.75) is 26.3 Å². The average Bonchev–Trinajstić information content (AvgIpc) is 2.85. The van der Waals surface area contributed by atoms with E-state index in [9.17, 15) is 10.1 Å². The molecule has 0 amide bonds. The van der Waals surface area contributed by atoms with Crippen molar-refractivity contribution in [3.05, 3.63) is 33.9 Å². The molecule has 5 heteroatoms. The molecule has 2 unspecified atom stereocenters. The highest BCUT2D eigenvalue weighted by Gasteiger charge is 2.22. The van der Waals surface area contributed by atoms with Gasteiger partial charge in [-0.05, 0) is 31.9 Å². The van der Waals surface area contributed by atoms with E-state index >= 15 is 0 Å². The Balaban J connectivity index is 2.06. The molecule has 1 aromatic carbocycles. The minimum atomic E-state index is -0.370. The molecule has 2 atom stereocenters. The van der Waals surface area contributed by atoms with E-state index in [1.807, 2.05) is 6.92 Å². The van der Waals surface area contributed by atoms with Crippen LogP contribution < -0.4 is 5.32 Å². The summed E-state index contributed by atoms with van der Waals surface area (Å²) in [6.45, 7) is 5.63. The van der Waals surface area contributed by atoms with Crippen LogP contribution in [0.1, 0.15) is 18.9 Å². The largest absolute Gasteiger partial charge is 0.382 e. The summed E-state index contributed by atoms with van der Waals surface area (Å²) >= 11 is 0. The van der Waals surface area contributed by atoms with Crippen LogP contribution in [0.3, 0.4) is 0 Å². The lowest BCUT2D eigenvalue weighted by atomic mass is 10.00. The Kier molecular flexibility index (Phi) is 3.81. The first kappa shape index (κ1) is 12.8. The summed E-state index contributed by atoms with van der Waals surface area (Å²) in [6, 6.07) is 5.22.